The van der Waals surface area contributed by atoms with Crippen LogP contribution in [0.2, 0.25) is 0 Å². The van der Waals surface area contributed by atoms with Crippen LogP contribution >= 0.6 is 22.6 Å². The van der Waals surface area contributed by atoms with Crippen molar-refractivity contribution in [3.8, 4) is 0 Å². The molecular formula is C17H20IN3O3. The Morgan fingerprint density at radius 1 is 1.42 bits per heavy atom. The van der Waals surface area contributed by atoms with Crippen molar-refractivity contribution >= 4 is 46.1 Å². The zero-order valence-electron chi connectivity index (χ0n) is 13.5. The van der Waals surface area contributed by atoms with Crippen LogP contribution < -0.4 is 10.6 Å². The van der Waals surface area contributed by atoms with E-state index in [0.717, 1.165) is 27.7 Å². The van der Waals surface area contributed by atoms with E-state index in [2.05, 4.69) is 33.2 Å². The molecule has 1 saturated heterocycles. The van der Waals surface area contributed by atoms with Crippen LogP contribution in [0.5, 0.6) is 0 Å². The average molecular weight is 441 g/mol. The van der Waals surface area contributed by atoms with Crippen molar-refractivity contribution in [1.29, 1.82) is 0 Å². The fourth-order valence-electron chi connectivity index (χ4n) is 3.55. The SMILES string of the molecule is C[C@@H]1CCCC[C@@]12NC(=O)N(CC(=O)Nc1cccc(I)c1)C2=O. The molecule has 2 fully saturated rings. The Bertz CT molecular complexity index is 693. The molecule has 2 N–H and O–H groups in total. The van der Waals surface area contributed by atoms with Gasteiger partial charge in [0.2, 0.25) is 5.91 Å². The lowest BCUT2D eigenvalue weighted by Crippen LogP contribution is -2.54. The molecule has 4 amide bonds. The molecule has 2 aliphatic rings. The first kappa shape index (κ1) is 17.2. The molecule has 1 saturated carbocycles. The second-order valence-corrected chi connectivity index (χ2v) is 7.74. The van der Waals surface area contributed by atoms with Crippen LogP contribution in [0.15, 0.2) is 24.3 Å². The Labute approximate surface area is 154 Å². The first-order valence-electron chi connectivity index (χ1n) is 8.12. The maximum Gasteiger partial charge on any atom is 0.325 e. The number of nitrogens with zero attached hydrogens (tertiary/aromatic N) is 1. The van der Waals surface area contributed by atoms with Crippen molar-refractivity contribution in [2.45, 2.75) is 38.1 Å². The summed E-state index contributed by atoms with van der Waals surface area (Å²) in [6, 6.07) is 6.89. The van der Waals surface area contributed by atoms with E-state index in [-0.39, 0.29) is 24.3 Å². The molecule has 1 spiro atoms. The van der Waals surface area contributed by atoms with Gasteiger partial charge in [-0.1, -0.05) is 25.8 Å². The number of imide groups is 1. The van der Waals surface area contributed by atoms with Crippen molar-refractivity contribution in [2.24, 2.45) is 5.92 Å². The summed E-state index contributed by atoms with van der Waals surface area (Å²) in [5.41, 5.74) is -0.169. The van der Waals surface area contributed by atoms with E-state index in [9.17, 15) is 14.4 Å². The molecule has 6 nitrogen and oxygen atoms in total. The zero-order chi connectivity index (χ0) is 17.3. The maximum atomic E-state index is 12.8. The Morgan fingerprint density at radius 2 is 2.21 bits per heavy atom. The van der Waals surface area contributed by atoms with E-state index in [0.29, 0.717) is 12.1 Å². The molecule has 0 bridgehead atoms. The third kappa shape index (κ3) is 3.13. The summed E-state index contributed by atoms with van der Waals surface area (Å²) in [4.78, 5) is 38.3. The van der Waals surface area contributed by atoms with Gasteiger partial charge in [0, 0.05) is 9.26 Å². The minimum absolute atomic E-state index is 0.0893. The summed E-state index contributed by atoms with van der Waals surface area (Å²) in [5.74, 6) is -0.551. The van der Waals surface area contributed by atoms with Gasteiger partial charge < -0.3 is 10.6 Å². The van der Waals surface area contributed by atoms with Crippen molar-refractivity contribution in [1.82, 2.24) is 10.2 Å². The summed E-state index contributed by atoms with van der Waals surface area (Å²) in [5, 5.41) is 5.59. The van der Waals surface area contributed by atoms with Crippen molar-refractivity contribution in [3.05, 3.63) is 27.8 Å². The van der Waals surface area contributed by atoms with Crippen molar-refractivity contribution in [3.63, 3.8) is 0 Å². The lowest BCUT2D eigenvalue weighted by molar-refractivity contribution is -0.136. The van der Waals surface area contributed by atoms with Gasteiger partial charge >= 0.3 is 6.03 Å². The normalized spacial score (nSPS) is 26.6. The summed E-state index contributed by atoms with van der Waals surface area (Å²) in [7, 11) is 0. The predicted octanol–water partition coefficient (Wildman–Crippen LogP) is 2.73. The van der Waals surface area contributed by atoms with Crippen molar-refractivity contribution in [2.75, 3.05) is 11.9 Å². The van der Waals surface area contributed by atoms with Crippen molar-refractivity contribution < 1.29 is 14.4 Å². The highest BCUT2D eigenvalue weighted by Gasteiger charge is 2.55. The number of hydrogen-bond donors (Lipinski definition) is 2. The molecular weight excluding hydrogens is 421 g/mol. The van der Waals surface area contributed by atoms with Gasteiger partial charge in [0.1, 0.15) is 12.1 Å². The second-order valence-electron chi connectivity index (χ2n) is 6.50. The first-order chi connectivity index (χ1) is 11.4. The predicted molar refractivity (Wildman–Crippen MR) is 98.4 cm³/mol. The number of urea groups is 1. The van der Waals surface area contributed by atoms with E-state index < -0.39 is 11.6 Å². The first-order valence-corrected chi connectivity index (χ1v) is 9.20. The third-order valence-electron chi connectivity index (χ3n) is 4.91. The monoisotopic (exact) mass is 441 g/mol. The number of halogens is 1. The minimum Gasteiger partial charge on any atom is -0.324 e. The molecule has 0 aromatic heterocycles. The van der Waals surface area contributed by atoms with Gasteiger partial charge in [-0.3, -0.25) is 14.5 Å². The largest absolute Gasteiger partial charge is 0.325 e. The molecule has 1 aliphatic carbocycles. The average Bonchev–Trinajstić information content (AvgIpc) is 2.75. The highest BCUT2D eigenvalue weighted by atomic mass is 127. The molecule has 7 heteroatoms. The van der Waals surface area contributed by atoms with Crippen LogP contribution in [-0.4, -0.2) is 34.8 Å². The molecule has 1 aromatic rings. The highest BCUT2D eigenvalue weighted by molar-refractivity contribution is 14.1. The maximum absolute atomic E-state index is 12.8. The number of carbonyl (C=O) groups excluding carboxylic acids is 3. The summed E-state index contributed by atoms with van der Waals surface area (Å²) >= 11 is 2.16. The molecule has 1 aliphatic heterocycles. The van der Waals surface area contributed by atoms with Crippen LogP contribution in [0.4, 0.5) is 10.5 Å². The van der Waals surface area contributed by atoms with Gasteiger partial charge in [0.25, 0.3) is 5.91 Å². The van der Waals surface area contributed by atoms with E-state index in [1.54, 1.807) is 6.07 Å². The number of nitrogens with one attached hydrogen (secondary N) is 2. The topological polar surface area (TPSA) is 78.5 Å². The Balaban J connectivity index is 1.70. The van der Waals surface area contributed by atoms with Crippen LogP contribution in [0, 0.1) is 9.49 Å². The Morgan fingerprint density at radius 3 is 2.92 bits per heavy atom. The standard InChI is InChI=1S/C17H20IN3O3/c1-11-5-2-3-8-17(11)15(23)21(16(24)20-17)10-14(22)19-13-7-4-6-12(18)9-13/h4,6-7,9,11H,2-3,5,8,10H2,1H3,(H,19,22)(H,20,24)/t11-,17-/m1/s1. The number of amides is 4. The smallest absolute Gasteiger partial charge is 0.324 e. The van der Waals surface area contributed by atoms with Gasteiger partial charge in [-0.2, -0.15) is 0 Å². The molecule has 2 atom stereocenters. The summed E-state index contributed by atoms with van der Waals surface area (Å²) in [6.07, 6.45) is 3.54. The Hall–Kier alpha value is -1.64. The molecule has 0 radical (unpaired) electrons. The number of benzene rings is 1. The number of hydrogen-bond acceptors (Lipinski definition) is 3. The van der Waals surface area contributed by atoms with Crippen LogP contribution in [0.3, 0.4) is 0 Å². The molecule has 1 aromatic carbocycles. The second kappa shape index (κ2) is 6.70. The Kier molecular flexibility index (Phi) is 4.80. The fraction of sp³-hybridized carbons (Fsp3) is 0.471. The van der Waals surface area contributed by atoms with Gasteiger partial charge in [-0.05, 0) is 59.5 Å². The molecule has 0 unspecified atom stereocenters. The van der Waals surface area contributed by atoms with Gasteiger partial charge in [0.05, 0.1) is 0 Å². The molecule has 128 valence electrons. The third-order valence-corrected chi connectivity index (χ3v) is 5.58. The van der Waals surface area contributed by atoms with Crippen LogP contribution in [0.25, 0.3) is 0 Å². The lowest BCUT2D eigenvalue weighted by Gasteiger charge is -2.36. The van der Waals surface area contributed by atoms with E-state index in [1.807, 2.05) is 25.1 Å². The van der Waals surface area contributed by atoms with E-state index >= 15 is 0 Å². The van der Waals surface area contributed by atoms with Crippen LogP contribution in [0.1, 0.15) is 32.6 Å². The van der Waals surface area contributed by atoms with Gasteiger partial charge in [-0.25, -0.2) is 4.79 Å². The van der Waals surface area contributed by atoms with Crippen LogP contribution in [-0.2, 0) is 9.59 Å². The highest BCUT2D eigenvalue weighted by Crippen LogP contribution is 2.38. The minimum atomic E-state index is -0.822. The zero-order valence-corrected chi connectivity index (χ0v) is 15.6. The van der Waals surface area contributed by atoms with E-state index in [4.69, 9.17) is 0 Å². The van der Waals surface area contributed by atoms with Gasteiger partial charge in [0.15, 0.2) is 0 Å². The lowest BCUT2D eigenvalue weighted by atomic mass is 9.73. The number of anilines is 1. The number of rotatable bonds is 3. The summed E-state index contributed by atoms with van der Waals surface area (Å²) < 4.78 is 0.996. The summed E-state index contributed by atoms with van der Waals surface area (Å²) in [6.45, 7) is 1.73. The fourth-order valence-corrected chi connectivity index (χ4v) is 4.09. The quantitative estimate of drug-likeness (QED) is 0.560. The van der Waals surface area contributed by atoms with E-state index in [1.165, 1.54) is 0 Å². The van der Waals surface area contributed by atoms with Gasteiger partial charge in [-0.15, -0.1) is 0 Å². The molecule has 24 heavy (non-hydrogen) atoms. The molecule has 3 rings (SSSR count). The number of carbonyl (C=O) groups is 3. The molecule has 1 heterocycles.